The number of Topliss-reactive ketones (excluding diaryl/α,β-unsaturated/α-hetero) is 2. The SMILES string of the molecule is CC[Si](CC)(CC)OC1C[C@H]2OC[C@@]2(OC(C)=O)[C@H]2[C@H](OC(=O)c3ccccc3)[C@]3(O)CC(OC)C(C)=C(C(=O)C(=O)[C@]12C)C3(C)C. The van der Waals surface area contributed by atoms with E-state index in [-0.39, 0.29) is 30.6 Å². The average molecular weight is 671 g/mol. The Labute approximate surface area is 278 Å². The number of aliphatic hydroxyl groups is 1. The highest BCUT2D eigenvalue weighted by Gasteiger charge is 2.78. The van der Waals surface area contributed by atoms with Gasteiger partial charge in [-0.2, -0.15) is 0 Å². The van der Waals surface area contributed by atoms with Gasteiger partial charge in [-0.3, -0.25) is 14.4 Å². The summed E-state index contributed by atoms with van der Waals surface area (Å²) in [5.41, 5.74) is -5.59. The number of hydrogen-bond donors (Lipinski definition) is 1. The Hall–Kier alpha value is -2.70. The third kappa shape index (κ3) is 5.10. The smallest absolute Gasteiger partial charge is 0.338 e. The number of carbonyl (C=O) groups is 4. The highest BCUT2D eigenvalue weighted by Crippen LogP contribution is 2.64. The quantitative estimate of drug-likeness (QED) is 0.218. The fourth-order valence-corrected chi connectivity index (χ4v) is 12.1. The van der Waals surface area contributed by atoms with Crippen molar-refractivity contribution >= 4 is 31.8 Å². The first-order valence-corrected chi connectivity index (χ1v) is 19.4. The highest BCUT2D eigenvalue weighted by atomic mass is 28.4. The van der Waals surface area contributed by atoms with Crippen LogP contribution in [0.5, 0.6) is 0 Å². The summed E-state index contributed by atoms with van der Waals surface area (Å²) in [6, 6.07) is 10.7. The molecule has 4 aliphatic rings. The zero-order valence-electron chi connectivity index (χ0n) is 29.1. The fraction of sp³-hybridized carbons (Fsp3) is 0.667. The zero-order valence-corrected chi connectivity index (χ0v) is 30.1. The van der Waals surface area contributed by atoms with E-state index in [9.17, 15) is 19.5 Å². The fourth-order valence-electron chi connectivity index (χ4n) is 9.14. The van der Waals surface area contributed by atoms with Gasteiger partial charge >= 0.3 is 11.9 Å². The van der Waals surface area contributed by atoms with Crippen LogP contribution < -0.4 is 0 Å². The molecule has 3 fully saturated rings. The summed E-state index contributed by atoms with van der Waals surface area (Å²) >= 11 is 0. The summed E-state index contributed by atoms with van der Waals surface area (Å²) in [5.74, 6) is -4.01. The number of methoxy groups -OCH3 is 1. The second-order valence-corrected chi connectivity index (χ2v) is 19.3. The van der Waals surface area contributed by atoms with Crippen molar-refractivity contribution in [1.29, 1.82) is 0 Å². The Kier molecular flexibility index (Phi) is 9.33. The van der Waals surface area contributed by atoms with Gasteiger partial charge < -0.3 is 28.5 Å². The van der Waals surface area contributed by atoms with Gasteiger partial charge in [0, 0.05) is 37.9 Å². The van der Waals surface area contributed by atoms with Gasteiger partial charge in [0.15, 0.2) is 13.9 Å². The van der Waals surface area contributed by atoms with E-state index in [0.29, 0.717) is 5.57 Å². The van der Waals surface area contributed by atoms with E-state index in [1.807, 2.05) is 0 Å². The van der Waals surface area contributed by atoms with Gasteiger partial charge in [-0.25, -0.2) is 4.79 Å². The minimum Gasteiger partial charge on any atom is -0.455 e. The molecule has 1 aliphatic heterocycles. The standard InChI is InChI=1S/C36H50O10Si/c1-10-47(11-2,12-3)46-25-18-26-35(20-43-26,45-22(5)37)29-31(44-32(40)23-16-14-13-15-17-23)36(41)19-24(42-9)21(4)27(33(36,6)7)28(38)30(39)34(25,29)8/h13-17,24-26,29,31,41H,10-12,18-20H2,1-9H3/t24?,25?,26-,29+,31+,34-,35+,36-/m1/s1. The third-order valence-electron chi connectivity index (χ3n) is 12.3. The molecule has 1 aromatic rings. The van der Waals surface area contributed by atoms with Gasteiger partial charge in [-0.1, -0.05) is 52.8 Å². The van der Waals surface area contributed by atoms with Gasteiger partial charge in [0.05, 0.1) is 35.7 Å². The summed E-state index contributed by atoms with van der Waals surface area (Å²) in [5, 5.41) is 13.2. The van der Waals surface area contributed by atoms with Crippen LogP contribution in [-0.4, -0.2) is 86.3 Å². The van der Waals surface area contributed by atoms with Gasteiger partial charge in [0.2, 0.25) is 11.6 Å². The Morgan fingerprint density at radius 2 is 1.66 bits per heavy atom. The molecule has 1 saturated heterocycles. The number of rotatable bonds is 9. The second-order valence-electron chi connectivity index (χ2n) is 14.6. The first-order valence-electron chi connectivity index (χ1n) is 16.8. The van der Waals surface area contributed by atoms with Crippen LogP contribution in [0, 0.1) is 16.7 Å². The Bertz CT molecular complexity index is 1460. The Morgan fingerprint density at radius 1 is 1.04 bits per heavy atom. The highest BCUT2D eigenvalue weighted by molar-refractivity contribution is 6.73. The van der Waals surface area contributed by atoms with E-state index >= 15 is 4.79 Å². The van der Waals surface area contributed by atoms with Crippen molar-refractivity contribution in [2.45, 2.75) is 122 Å². The van der Waals surface area contributed by atoms with Crippen molar-refractivity contribution in [1.82, 2.24) is 0 Å². The minimum atomic E-state index is -2.43. The molecule has 0 aromatic heterocycles. The van der Waals surface area contributed by atoms with Crippen LogP contribution in [0.4, 0.5) is 0 Å². The molecule has 2 bridgehead atoms. The van der Waals surface area contributed by atoms with Crippen molar-refractivity contribution in [2.24, 2.45) is 16.7 Å². The van der Waals surface area contributed by atoms with Gasteiger partial charge in [-0.15, -0.1) is 0 Å². The van der Waals surface area contributed by atoms with Crippen LogP contribution in [0.25, 0.3) is 0 Å². The molecule has 5 rings (SSSR count). The summed E-state index contributed by atoms with van der Waals surface area (Å²) in [6.07, 6.45) is -3.63. The number of carbonyl (C=O) groups excluding carboxylic acids is 4. The molecule has 8 atom stereocenters. The largest absolute Gasteiger partial charge is 0.455 e. The number of benzene rings is 1. The van der Waals surface area contributed by atoms with E-state index in [1.54, 1.807) is 58.0 Å². The lowest BCUT2D eigenvalue weighted by Gasteiger charge is -2.67. The molecule has 1 N–H and O–H groups in total. The van der Waals surface area contributed by atoms with Gasteiger partial charge in [0.25, 0.3) is 0 Å². The zero-order chi connectivity index (χ0) is 34.7. The number of hydrogen-bond acceptors (Lipinski definition) is 10. The van der Waals surface area contributed by atoms with Crippen LogP contribution in [-0.2, 0) is 37.8 Å². The molecule has 2 unspecified atom stereocenters. The lowest BCUT2D eigenvalue weighted by Crippen LogP contribution is -2.82. The van der Waals surface area contributed by atoms with Crippen molar-refractivity contribution in [3.63, 3.8) is 0 Å². The van der Waals surface area contributed by atoms with Crippen molar-refractivity contribution < 1.29 is 47.7 Å². The van der Waals surface area contributed by atoms with Crippen LogP contribution in [0.2, 0.25) is 18.1 Å². The van der Waals surface area contributed by atoms with E-state index in [4.69, 9.17) is 23.4 Å². The maximum absolute atomic E-state index is 15.2. The molecule has 11 heteroatoms. The Balaban J connectivity index is 1.85. The first kappa shape index (κ1) is 35.6. The first-order chi connectivity index (χ1) is 22.0. The van der Waals surface area contributed by atoms with Crippen LogP contribution in [0.15, 0.2) is 41.5 Å². The van der Waals surface area contributed by atoms with E-state index in [1.165, 1.54) is 14.0 Å². The molecular weight excluding hydrogens is 620 g/mol. The summed E-state index contributed by atoms with van der Waals surface area (Å²) in [6.45, 7) is 14.2. The molecule has 2 saturated carbocycles. The van der Waals surface area contributed by atoms with Crippen LogP contribution in [0.3, 0.4) is 0 Å². The van der Waals surface area contributed by atoms with Crippen LogP contribution in [0.1, 0.15) is 78.6 Å². The normalized spacial score (nSPS) is 36.3. The predicted octanol–water partition coefficient (Wildman–Crippen LogP) is 4.97. The summed E-state index contributed by atoms with van der Waals surface area (Å²) < 4.78 is 31.7. The second kappa shape index (κ2) is 12.3. The monoisotopic (exact) mass is 670 g/mol. The molecule has 47 heavy (non-hydrogen) atoms. The van der Waals surface area contributed by atoms with E-state index in [0.717, 1.165) is 18.1 Å². The number of ketones is 2. The van der Waals surface area contributed by atoms with Crippen LogP contribution >= 0.6 is 0 Å². The van der Waals surface area contributed by atoms with Gasteiger partial charge in [0.1, 0.15) is 17.8 Å². The third-order valence-corrected chi connectivity index (χ3v) is 16.9. The topological polar surface area (TPSA) is 135 Å². The predicted molar refractivity (Wildman–Crippen MR) is 175 cm³/mol. The van der Waals surface area contributed by atoms with E-state index in [2.05, 4.69) is 20.8 Å². The van der Waals surface area contributed by atoms with E-state index < -0.39 is 84.2 Å². The lowest BCUT2D eigenvalue weighted by atomic mass is 9.45. The molecule has 10 nitrogen and oxygen atoms in total. The van der Waals surface area contributed by atoms with Crippen molar-refractivity contribution in [2.75, 3.05) is 13.7 Å². The number of ether oxygens (including phenoxy) is 4. The molecule has 1 heterocycles. The average Bonchev–Trinajstić information content (AvgIpc) is 3.04. The molecular formula is C36H50O10Si. The molecule has 0 spiro atoms. The molecule has 0 amide bonds. The molecule has 0 radical (unpaired) electrons. The molecule has 258 valence electrons. The Morgan fingerprint density at radius 3 is 2.17 bits per heavy atom. The van der Waals surface area contributed by atoms with Gasteiger partial charge in [-0.05, 0) is 49.7 Å². The van der Waals surface area contributed by atoms with Crippen molar-refractivity contribution in [3.8, 4) is 0 Å². The number of esters is 2. The lowest BCUT2D eigenvalue weighted by molar-refractivity contribution is -0.342. The summed E-state index contributed by atoms with van der Waals surface area (Å²) in [4.78, 5) is 56.8. The molecule has 1 aromatic carbocycles. The van der Waals surface area contributed by atoms with Crippen molar-refractivity contribution in [3.05, 3.63) is 47.0 Å². The maximum Gasteiger partial charge on any atom is 0.338 e. The number of fused-ring (bicyclic) bond motifs is 5. The molecule has 3 aliphatic carbocycles. The maximum atomic E-state index is 15.2. The summed E-state index contributed by atoms with van der Waals surface area (Å²) in [7, 11) is -0.959. The minimum absolute atomic E-state index is 0.0443.